The van der Waals surface area contributed by atoms with Crippen LogP contribution in [0.3, 0.4) is 0 Å². The number of hydrogen-bond acceptors (Lipinski definition) is 4. The quantitative estimate of drug-likeness (QED) is 0.841. The zero-order valence-corrected chi connectivity index (χ0v) is 15.3. The third kappa shape index (κ3) is 3.82. The Balaban J connectivity index is 1.73. The average molecular weight is 395 g/mol. The first kappa shape index (κ1) is 16.6. The number of carboxylic acid groups (broad SMARTS) is 1. The minimum Gasteiger partial charge on any atom is -0.481 e. The maximum Gasteiger partial charge on any atom is 0.308 e. The summed E-state index contributed by atoms with van der Waals surface area (Å²) in [6, 6.07) is 8.17. The number of hydrogen-bond donors (Lipinski definition) is 1. The van der Waals surface area contributed by atoms with E-state index in [9.17, 15) is 9.90 Å². The van der Waals surface area contributed by atoms with E-state index >= 15 is 0 Å². The topological polar surface area (TPSA) is 53.4 Å². The van der Waals surface area contributed by atoms with Crippen molar-refractivity contribution in [1.29, 1.82) is 0 Å². The van der Waals surface area contributed by atoms with E-state index in [1.807, 2.05) is 19.1 Å². The van der Waals surface area contributed by atoms with Crippen LogP contribution in [0.4, 0.5) is 0 Å². The van der Waals surface area contributed by atoms with E-state index < -0.39 is 5.97 Å². The van der Waals surface area contributed by atoms with Gasteiger partial charge in [-0.3, -0.25) is 9.69 Å². The molecule has 0 radical (unpaired) electrons. The maximum absolute atomic E-state index is 11.3. The molecular formula is C17H19BrN2O2S. The molecule has 0 spiro atoms. The molecule has 0 amide bonds. The first-order chi connectivity index (χ1) is 11.0. The molecule has 1 aromatic carbocycles. The number of piperidine rings is 1. The first-order valence-electron chi connectivity index (χ1n) is 7.72. The summed E-state index contributed by atoms with van der Waals surface area (Å²) in [5.41, 5.74) is 2.12. The number of aliphatic carboxylic acids is 1. The lowest BCUT2D eigenvalue weighted by Gasteiger charge is -2.37. The smallest absolute Gasteiger partial charge is 0.308 e. The molecular weight excluding hydrogens is 376 g/mol. The summed E-state index contributed by atoms with van der Waals surface area (Å²) in [5, 5.41) is 12.4. The summed E-state index contributed by atoms with van der Waals surface area (Å²) in [4.78, 5) is 18.3. The number of benzene rings is 1. The molecule has 1 aliphatic heterocycles. The van der Waals surface area contributed by atoms with Crippen molar-refractivity contribution in [2.45, 2.75) is 32.4 Å². The molecule has 0 aliphatic carbocycles. The van der Waals surface area contributed by atoms with Crippen LogP contribution in [0, 0.1) is 5.92 Å². The van der Waals surface area contributed by atoms with E-state index in [2.05, 4.69) is 38.3 Å². The first-order valence-corrected chi connectivity index (χ1v) is 9.39. The Labute approximate surface area is 148 Å². The Morgan fingerprint density at radius 2 is 2.35 bits per heavy atom. The Kier molecular flexibility index (Phi) is 5.14. The number of thiazole rings is 1. The second-order valence-corrected chi connectivity index (χ2v) is 7.73. The van der Waals surface area contributed by atoms with Gasteiger partial charge in [0.15, 0.2) is 0 Å². The fraction of sp³-hybridized carbons (Fsp3) is 0.412. The third-order valence-corrected chi connectivity index (χ3v) is 5.86. The lowest BCUT2D eigenvalue weighted by Crippen LogP contribution is -2.45. The van der Waals surface area contributed by atoms with E-state index in [1.165, 1.54) is 0 Å². The summed E-state index contributed by atoms with van der Waals surface area (Å²) in [6.07, 6.45) is 1.71. The average Bonchev–Trinajstić information content (AvgIpc) is 2.98. The molecule has 1 N–H and O–H groups in total. The molecule has 2 aromatic rings. The van der Waals surface area contributed by atoms with Crippen molar-refractivity contribution < 1.29 is 9.90 Å². The van der Waals surface area contributed by atoms with Crippen molar-refractivity contribution in [3.8, 4) is 10.6 Å². The minimum absolute atomic E-state index is 0.0530. The highest BCUT2D eigenvalue weighted by atomic mass is 79.9. The monoisotopic (exact) mass is 394 g/mol. The van der Waals surface area contributed by atoms with Gasteiger partial charge in [0.25, 0.3) is 0 Å². The molecule has 3 rings (SSSR count). The zero-order valence-electron chi connectivity index (χ0n) is 12.9. The van der Waals surface area contributed by atoms with Gasteiger partial charge in [0.2, 0.25) is 0 Å². The molecule has 1 fully saturated rings. The van der Waals surface area contributed by atoms with Gasteiger partial charge in [0.1, 0.15) is 5.01 Å². The number of likely N-dealkylation sites (tertiary alicyclic amines) is 1. The van der Waals surface area contributed by atoms with Crippen LogP contribution in [0.15, 0.2) is 34.1 Å². The Morgan fingerprint density at radius 3 is 3.09 bits per heavy atom. The predicted octanol–water partition coefficient (Wildman–Crippen LogP) is 4.26. The van der Waals surface area contributed by atoms with Crippen LogP contribution in [0.2, 0.25) is 0 Å². The Hall–Kier alpha value is -1.24. The van der Waals surface area contributed by atoms with E-state index in [0.29, 0.717) is 0 Å². The lowest BCUT2D eigenvalue weighted by molar-refractivity contribution is -0.145. The number of carbonyl (C=O) groups is 1. The second kappa shape index (κ2) is 7.11. The molecule has 0 unspecified atom stereocenters. The van der Waals surface area contributed by atoms with Gasteiger partial charge in [-0.25, -0.2) is 4.98 Å². The fourth-order valence-electron chi connectivity index (χ4n) is 3.11. The van der Waals surface area contributed by atoms with Gasteiger partial charge < -0.3 is 5.11 Å². The largest absolute Gasteiger partial charge is 0.481 e. The number of rotatable bonds is 4. The summed E-state index contributed by atoms with van der Waals surface area (Å²) in [7, 11) is 0. The van der Waals surface area contributed by atoms with Crippen molar-refractivity contribution in [1.82, 2.24) is 9.88 Å². The highest BCUT2D eigenvalue weighted by Gasteiger charge is 2.32. The molecule has 1 aromatic heterocycles. The number of halogens is 1. The van der Waals surface area contributed by atoms with E-state index in [0.717, 1.165) is 46.7 Å². The Morgan fingerprint density at radius 1 is 1.52 bits per heavy atom. The van der Waals surface area contributed by atoms with Crippen molar-refractivity contribution in [2.24, 2.45) is 5.92 Å². The number of carboxylic acids is 1. The van der Waals surface area contributed by atoms with Gasteiger partial charge in [-0.1, -0.05) is 28.1 Å². The zero-order chi connectivity index (χ0) is 16.4. The standard InChI is InChI=1S/C17H19BrN2O2S/c1-11-15(17(21)22)6-3-7-20(11)9-14-10-23-16(19-14)12-4-2-5-13(18)8-12/h2,4-5,8,10-11,15H,3,6-7,9H2,1H3,(H,21,22)/t11-,15-/m1/s1. The summed E-state index contributed by atoms with van der Waals surface area (Å²) in [5.74, 6) is -0.956. The van der Waals surface area contributed by atoms with Gasteiger partial charge >= 0.3 is 5.97 Å². The molecule has 0 saturated carbocycles. The number of nitrogens with zero attached hydrogens (tertiary/aromatic N) is 2. The van der Waals surface area contributed by atoms with Gasteiger partial charge in [0.05, 0.1) is 11.6 Å². The third-order valence-electron chi connectivity index (χ3n) is 4.42. The molecule has 1 saturated heterocycles. The van der Waals surface area contributed by atoms with Crippen LogP contribution in [-0.4, -0.2) is 33.5 Å². The van der Waals surface area contributed by atoms with Crippen LogP contribution in [0.25, 0.3) is 10.6 Å². The van der Waals surface area contributed by atoms with Gasteiger partial charge in [0, 0.05) is 28.0 Å². The SMILES string of the molecule is C[C@@H]1[C@H](C(=O)O)CCCN1Cc1csc(-c2cccc(Br)c2)n1. The summed E-state index contributed by atoms with van der Waals surface area (Å²) >= 11 is 5.12. The van der Waals surface area contributed by atoms with Crippen LogP contribution in [0.5, 0.6) is 0 Å². The molecule has 6 heteroatoms. The van der Waals surface area contributed by atoms with E-state index in [1.54, 1.807) is 11.3 Å². The maximum atomic E-state index is 11.3. The number of aromatic nitrogens is 1. The predicted molar refractivity (Wildman–Crippen MR) is 95.5 cm³/mol. The minimum atomic E-state index is -0.685. The summed E-state index contributed by atoms with van der Waals surface area (Å²) < 4.78 is 1.04. The van der Waals surface area contributed by atoms with Crippen LogP contribution < -0.4 is 0 Å². The van der Waals surface area contributed by atoms with E-state index in [4.69, 9.17) is 4.98 Å². The fourth-order valence-corrected chi connectivity index (χ4v) is 4.32. The summed E-state index contributed by atoms with van der Waals surface area (Å²) in [6.45, 7) is 3.67. The lowest BCUT2D eigenvalue weighted by atomic mass is 9.90. The highest BCUT2D eigenvalue weighted by molar-refractivity contribution is 9.10. The van der Waals surface area contributed by atoms with Crippen molar-refractivity contribution in [2.75, 3.05) is 6.54 Å². The van der Waals surface area contributed by atoms with Crippen molar-refractivity contribution in [3.05, 3.63) is 39.8 Å². The van der Waals surface area contributed by atoms with Crippen molar-refractivity contribution in [3.63, 3.8) is 0 Å². The highest BCUT2D eigenvalue weighted by Crippen LogP contribution is 2.29. The Bertz CT molecular complexity index is 703. The second-order valence-electron chi connectivity index (χ2n) is 5.95. The van der Waals surface area contributed by atoms with Crippen LogP contribution in [0.1, 0.15) is 25.5 Å². The molecule has 122 valence electrons. The van der Waals surface area contributed by atoms with E-state index in [-0.39, 0.29) is 12.0 Å². The molecule has 2 heterocycles. The molecule has 2 atom stereocenters. The van der Waals surface area contributed by atoms with Gasteiger partial charge in [-0.05, 0) is 38.4 Å². The van der Waals surface area contributed by atoms with Gasteiger partial charge in [-0.2, -0.15) is 0 Å². The molecule has 1 aliphatic rings. The normalized spacial score (nSPS) is 22.2. The van der Waals surface area contributed by atoms with Crippen LogP contribution in [-0.2, 0) is 11.3 Å². The molecule has 4 nitrogen and oxygen atoms in total. The van der Waals surface area contributed by atoms with Gasteiger partial charge in [-0.15, -0.1) is 11.3 Å². The van der Waals surface area contributed by atoms with Crippen molar-refractivity contribution >= 4 is 33.2 Å². The van der Waals surface area contributed by atoms with Crippen LogP contribution >= 0.6 is 27.3 Å². The molecule has 23 heavy (non-hydrogen) atoms. The molecule has 0 bridgehead atoms.